The first-order valence-electron chi connectivity index (χ1n) is 8.16. The zero-order valence-electron chi connectivity index (χ0n) is 14.7. The van der Waals surface area contributed by atoms with Gasteiger partial charge in [0.2, 0.25) is 0 Å². The monoisotopic (exact) mass is 381 g/mol. The minimum atomic E-state index is -0.415. The number of aromatic nitrogens is 1. The number of hydrogen-bond donors (Lipinski definition) is 0. The van der Waals surface area contributed by atoms with Crippen LogP contribution in [-0.2, 0) is 9.59 Å². The Kier molecular flexibility index (Phi) is 5.52. The van der Waals surface area contributed by atoms with Crippen LogP contribution in [0.2, 0.25) is 5.02 Å². The molecule has 0 N–H and O–H groups in total. The van der Waals surface area contributed by atoms with E-state index in [0.717, 1.165) is 5.39 Å². The third-order valence-electron chi connectivity index (χ3n) is 3.62. The van der Waals surface area contributed by atoms with Gasteiger partial charge in [-0.25, -0.2) is 4.98 Å². The molecule has 1 aromatic heterocycles. The maximum Gasteiger partial charge on any atom is 0.308 e. The molecule has 0 spiro atoms. The second kappa shape index (κ2) is 8.01. The van der Waals surface area contributed by atoms with Gasteiger partial charge < -0.3 is 9.47 Å². The van der Waals surface area contributed by atoms with Gasteiger partial charge in [-0.15, -0.1) is 0 Å². The van der Waals surface area contributed by atoms with Gasteiger partial charge in [0, 0.05) is 29.8 Å². The zero-order valence-corrected chi connectivity index (χ0v) is 15.5. The second-order valence-electron chi connectivity index (χ2n) is 5.77. The largest absolute Gasteiger partial charge is 0.426 e. The summed E-state index contributed by atoms with van der Waals surface area (Å²) in [6.07, 6.45) is 3.52. The summed E-state index contributed by atoms with van der Waals surface area (Å²) in [4.78, 5) is 27.1. The molecule has 6 heteroatoms. The van der Waals surface area contributed by atoms with Crippen LogP contribution >= 0.6 is 11.6 Å². The standard InChI is InChI=1S/C21H16ClNO4/c1-13(24)26-19-11-8-17(22)12-16(19)7-10-18-9-6-15-4-3-5-20(21(15)23-18)27-14(2)25/h3-12H,1-2H3/b10-7+. The van der Waals surface area contributed by atoms with E-state index in [2.05, 4.69) is 4.98 Å². The van der Waals surface area contributed by atoms with Gasteiger partial charge in [0.1, 0.15) is 11.3 Å². The molecule has 0 radical (unpaired) electrons. The van der Waals surface area contributed by atoms with Crippen molar-refractivity contribution in [3.8, 4) is 11.5 Å². The van der Waals surface area contributed by atoms with Crippen molar-refractivity contribution < 1.29 is 19.1 Å². The molecule has 5 nitrogen and oxygen atoms in total. The van der Waals surface area contributed by atoms with Gasteiger partial charge in [-0.1, -0.05) is 29.8 Å². The van der Waals surface area contributed by atoms with Crippen LogP contribution in [0.5, 0.6) is 11.5 Å². The quantitative estimate of drug-likeness (QED) is 0.474. The summed E-state index contributed by atoms with van der Waals surface area (Å²) in [5, 5.41) is 1.38. The number of pyridine rings is 1. The first kappa shape index (κ1) is 18.6. The minimum absolute atomic E-state index is 0.401. The SMILES string of the molecule is CC(=O)Oc1ccc(Cl)cc1/C=C/c1ccc2cccc(OC(C)=O)c2n1. The van der Waals surface area contributed by atoms with Crippen molar-refractivity contribution in [3.63, 3.8) is 0 Å². The normalized spacial score (nSPS) is 10.9. The average Bonchev–Trinajstić information content (AvgIpc) is 2.61. The number of nitrogens with zero attached hydrogens (tertiary/aromatic N) is 1. The summed E-state index contributed by atoms with van der Waals surface area (Å²) >= 11 is 6.04. The van der Waals surface area contributed by atoms with E-state index >= 15 is 0 Å². The first-order chi connectivity index (χ1) is 12.9. The van der Waals surface area contributed by atoms with Crippen LogP contribution < -0.4 is 9.47 Å². The van der Waals surface area contributed by atoms with E-state index in [9.17, 15) is 9.59 Å². The summed E-state index contributed by atoms with van der Waals surface area (Å²) in [7, 11) is 0. The van der Waals surface area contributed by atoms with Gasteiger partial charge in [-0.2, -0.15) is 0 Å². The number of para-hydroxylation sites is 1. The Bertz CT molecular complexity index is 1060. The molecule has 0 fully saturated rings. The van der Waals surface area contributed by atoms with Gasteiger partial charge >= 0.3 is 11.9 Å². The molecule has 3 aromatic rings. The lowest BCUT2D eigenvalue weighted by Gasteiger charge is -2.07. The molecule has 0 atom stereocenters. The number of rotatable bonds is 4. The molecule has 3 rings (SSSR count). The number of fused-ring (bicyclic) bond motifs is 1. The highest BCUT2D eigenvalue weighted by Gasteiger charge is 2.08. The highest BCUT2D eigenvalue weighted by Crippen LogP contribution is 2.27. The third-order valence-corrected chi connectivity index (χ3v) is 3.85. The molecule has 0 saturated heterocycles. The van der Waals surface area contributed by atoms with E-state index in [4.69, 9.17) is 21.1 Å². The number of halogens is 1. The number of ether oxygens (including phenoxy) is 2. The molecule has 1 heterocycles. The fourth-order valence-corrected chi connectivity index (χ4v) is 2.72. The van der Waals surface area contributed by atoms with E-state index in [-0.39, 0.29) is 0 Å². The molecule has 0 amide bonds. The molecule has 136 valence electrons. The molecule has 27 heavy (non-hydrogen) atoms. The van der Waals surface area contributed by atoms with Gasteiger partial charge in [0.15, 0.2) is 5.75 Å². The molecular weight excluding hydrogens is 366 g/mol. The van der Waals surface area contributed by atoms with Crippen LogP contribution in [-0.4, -0.2) is 16.9 Å². The first-order valence-corrected chi connectivity index (χ1v) is 8.54. The Morgan fingerprint density at radius 1 is 0.926 bits per heavy atom. The van der Waals surface area contributed by atoms with Crippen molar-refractivity contribution in [2.24, 2.45) is 0 Å². The molecule has 0 unspecified atom stereocenters. The Balaban J connectivity index is 1.98. The number of carbonyl (C=O) groups excluding carboxylic acids is 2. The van der Waals surface area contributed by atoms with Crippen molar-refractivity contribution in [1.82, 2.24) is 4.98 Å². The van der Waals surface area contributed by atoms with E-state index < -0.39 is 11.9 Å². The fraction of sp³-hybridized carbons (Fsp3) is 0.0952. The lowest BCUT2D eigenvalue weighted by Crippen LogP contribution is -2.02. The molecule has 0 saturated carbocycles. The van der Waals surface area contributed by atoms with Crippen LogP contribution in [0.15, 0.2) is 48.5 Å². The summed E-state index contributed by atoms with van der Waals surface area (Å²) in [5.74, 6) is -0.0137. The molecule has 0 bridgehead atoms. The molecule has 0 aliphatic rings. The van der Waals surface area contributed by atoms with Crippen LogP contribution in [0.3, 0.4) is 0 Å². The topological polar surface area (TPSA) is 65.5 Å². The van der Waals surface area contributed by atoms with Crippen molar-refractivity contribution in [1.29, 1.82) is 0 Å². The predicted octanol–water partition coefficient (Wildman–Crippen LogP) is 4.91. The number of benzene rings is 2. The fourth-order valence-electron chi connectivity index (χ4n) is 2.54. The van der Waals surface area contributed by atoms with Crippen molar-refractivity contribution in [3.05, 3.63) is 64.8 Å². The second-order valence-corrected chi connectivity index (χ2v) is 6.20. The van der Waals surface area contributed by atoms with E-state index in [0.29, 0.717) is 33.3 Å². The molecular formula is C21H16ClNO4. The van der Waals surface area contributed by atoms with E-state index in [1.807, 2.05) is 18.2 Å². The Labute approximate surface area is 161 Å². The van der Waals surface area contributed by atoms with Crippen molar-refractivity contribution >= 4 is 46.6 Å². The maximum absolute atomic E-state index is 11.3. The average molecular weight is 382 g/mol. The Morgan fingerprint density at radius 2 is 1.67 bits per heavy atom. The van der Waals surface area contributed by atoms with E-state index in [1.54, 1.807) is 42.5 Å². The van der Waals surface area contributed by atoms with E-state index in [1.165, 1.54) is 13.8 Å². The molecule has 0 aliphatic carbocycles. The summed E-state index contributed by atoms with van der Waals surface area (Å²) in [6.45, 7) is 2.68. The number of esters is 2. The molecule has 2 aromatic carbocycles. The summed E-state index contributed by atoms with van der Waals surface area (Å²) in [5.41, 5.74) is 1.88. The lowest BCUT2D eigenvalue weighted by atomic mass is 10.1. The highest BCUT2D eigenvalue weighted by atomic mass is 35.5. The van der Waals surface area contributed by atoms with Gasteiger partial charge in [-0.3, -0.25) is 9.59 Å². The van der Waals surface area contributed by atoms with Crippen molar-refractivity contribution in [2.45, 2.75) is 13.8 Å². The Morgan fingerprint density at radius 3 is 2.41 bits per heavy atom. The van der Waals surface area contributed by atoms with Crippen molar-refractivity contribution in [2.75, 3.05) is 0 Å². The minimum Gasteiger partial charge on any atom is -0.426 e. The van der Waals surface area contributed by atoms with Crippen LogP contribution in [0.4, 0.5) is 0 Å². The van der Waals surface area contributed by atoms with Crippen LogP contribution in [0.25, 0.3) is 23.1 Å². The zero-order chi connectivity index (χ0) is 19.4. The number of hydrogen-bond acceptors (Lipinski definition) is 5. The van der Waals surface area contributed by atoms with Crippen LogP contribution in [0.1, 0.15) is 25.1 Å². The third kappa shape index (κ3) is 4.71. The smallest absolute Gasteiger partial charge is 0.308 e. The Hall–Kier alpha value is -3.18. The maximum atomic E-state index is 11.3. The highest BCUT2D eigenvalue weighted by molar-refractivity contribution is 6.30. The summed E-state index contributed by atoms with van der Waals surface area (Å²) in [6, 6.07) is 14.1. The predicted molar refractivity (Wildman–Crippen MR) is 105 cm³/mol. The van der Waals surface area contributed by atoms with Crippen LogP contribution in [0, 0.1) is 0 Å². The molecule has 0 aliphatic heterocycles. The summed E-state index contributed by atoms with van der Waals surface area (Å²) < 4.78 is 10.4. The lowest BCUT2D eigenvalue weighted by molar-refractivity contribution is -0.132. The number of carbonyl (C=O) groups is 2. The van der Waals surface area contributed by atoms with Gasteiger partial charge in [0.25, 0.3) is 0 Å². The van der Waals surface area contributed by atoms with Gasteiger partial charge in [0.05, 0.1) is 5.69 Å². The van der Waals surface area contributed by atoms with Gasteiger partial charge in [-0.05, 0) is 42.5 Å².